The van der Waals surface area contributed by atoms with E-state index >= 15 is 0 Å². The summed E-state index contributed by atoms with van der Waals surface area (Å²) >= 11 is 5.84. The van der Waals surface area contributed by atoms with E-state index in [1.54, 1.807) is 0 Å². The van der Waals surface area contributed by atoms with E-state index < -0.39 is 0 Å². The lowest BCUT2D eigenvalue weighted by Gasteiger charge is -2.28. The highest BCUT2D eigenvalue weighted by atomic mass is 32.1. The van der Waals surface area contributed by atoms with Crippen LogP contribution in [0.15, 0.2) is 24.4 Å². The van der Waals surface area contributed by atoms with Gasteiger partial charge in [0.2, 0.25) is 0 Å². The predicted octanol–water partition coefficient (Wildman–Crippen LogP) is 6.04. The second-order valence-electron chi connectivity index (χ2n) is 6.77. The van der Waals surface area contributed by atoms with Gasteiger partial charge in [-0.1, -0.05) is 64.6 Å². The quantitative estimate of drug-likeness (QED) is 0.361. The highest BCUT2D eigenvalue weighted by molar-refractivity contribution is 7.71. The molecule has 0 saturated carbocycles. The smallest absolute Gasteiger partial charge is 0.159 e. The Morgan fingerprint density at radius 2 is 1.80 bits per heavy atom. The Bertz CT molecular complexity index is 708. The van der Waals surface area contributed by atoms with Crippen LogP contribution in [0.4, 0.5) is 0 Å². The van der Waals surface area contributed by atoms with Crippen molar-refractivity contribution >= 4 is 23.3 Å². The first kappa shape index (κ1) is 19.9. The Balaban J connectivity index is 2.23. The first-order chi connectivity index (χ1) is 12.2. The summed E-state index contributed by atoms with van der Waals surface area (Å²) in [7, 11) is 0. The van der Waals surface area contributed by atoms with Crippen LogP contribution in [0, 0.1) is 4.64 Å². The van der Waals surface area contributed by atoms with Crippen LogP contribution in [-0.4, -0.2) is 22.7 Å². The molecule has 2 heterocycles. The highest BCUT2D eigenvalue weighted by Gasteiger charge is 2.12. The molecule has 138 valence electrons. The van der Waals surface area contributed by atoms with Gasteiger partial charge < -0.3 is 5.01 Å². The minimum Gasteiger partial charge on any atom is -0.310 e. The lowest BCUT2D eigenvalue weighted by molar-refractivity contribution is 0.544. The molecule has 0 fully saturated rings. The van der Waals surface area contributed by atoms with Crippen molar-refractivity contribution in [3.05, 3.63) is 34.6 Å². The first-order valence-electron chi connectivity index (χ1n) is 9.97. The number of hydrogen-bond acceptors (Lipinski definition) is 3. The van der Waals surface area contributed by atoms with Crippen LogP contribution in [0.25, 0.3) is 11.0 Å². The zero-order valence-electron chi connectivity index (χ0n) is 16.1. The molecule has 0 bridgehead atoms. The van der Waals surface area contributed by atoms with E-state index in [1.165, 1.54) is 49.5 Å². The van der Waals surface area contributed by atoms with Crippen LogP contribution in [0.3, 0.4) is 0 Å². The first-order valence-corrected chi connectivity index (χ1v) is 10.4. The Labute approximate surface area is 158 Å². The van der Waals surface area contributed by atoms with E-state index in [-0.39, 0.29) is 0 Å². The number of rotatable bonds is 11. The maximum Gasteiger partial charge on any atom is 0.159 e. The molecule has 2 rings (SSSR count). The number of hydrogen-bond donors (Lipinski definition) is 0. The molecule has 4 heteroatoms. The topological polar surface area (TPSA) is 21.1 Å². The Morgan fingerprint density at radius 1 is 1.04 bits per heavy atom. The van der Waals surface area contributed by atoms with Crippen molar-refractivity contribution in [3.8, 4) is 0 Å². The van der Waals surface area contributed by atoms with Crippen molar-refractivity contribution in [2.75, 3.05) is 18.1 Å². The summed E-state index contributed by atoms with van der Waals surface area (Å²) in [6.45, 7) is 8.67. The molecule has 0 saturated heterocycles. The molecule has 0 aliphatic heterocycles. The summed E-state index contributed by atoms with van der Waals surface area (Å²) in [5.74, 6) is 0. The van der Waals surface area contributed by atoms with Crippen molar-refractivity contribution in [3.63, 3.8) is 0 Å². The van der Waals surface area contributed by atoms with E-state index in [1.807, 2.05) is 12.3 Å². The summed E-state index contributed by atoms with van der Waals surface area (Å²) in [6, 6.07) is 6.38. The third-order valence-electron chi connectivity index (χ3n) is 4.75. The lowest BCUT2D eigenvalue weighted by atomic mass is 10.1. The number of aromatic nitrogens is 2. The van der Waals surface area contributed by atoms with Crippen LogP contribution in [-0.2, 0) is 6.42 Å². The number of unbranched alkanes of at least 4 members (excludes halogenated alkanes) is 5. The van der Waals surface area contributed by atoms with Crippen molar-refractivity contribution in [1.29, 1.82) is 0 Å². The van der Waals surface area contributed by atoms with Gasteiger partial charge in [0, 0.05) is 24.7 Å². The monoisotopic (exact) mass is 359 g/mol. The molecule has 0 radical (unpaired) electrons. The average Bonchev–Trinajstić information content (AvgIpc) is 2.63. The second kappa shape index (κ2) is 10.5. The van der Waals surface area contributed by atoms with Gasteiger partial charge >= 0.3 is 0 Å². The molecule has 0 spiro atoms. The third-order valence-corrected chi connectivity index (χ3v) is 5.19. The van der Waals surface area contributed by atoms with E-state index in [0.717, 1.165) is 36.2 Å². The van der Waals surface area contributed by atoms with Gasteiger partial charge in [-0.15, -0.1) is 0 Å². The fourth-order valence-corrected chi connectivity index (χ4v) is 3.73. The maximum atomic E-state index is 5.84. The summed E-state index contributed by atoms with van der Waals surface area (Å²) < 4.78 is 3.13. The van der Waals surface area contributed by atoms with Crippen LogP contribution in [0.5, 0.6) is 0 Å². The van der Waals surface area contributed by atoms with Crippen molar-refractivity contribution in [2.24, 2.45) is 0 Å². The Hall–Kier alpha value is -1.42. The SMILES string of the molecule is CCCCCCCCN(CC)n1c(=S)c(CCC)cc2cccnc21. The normalized spacial score (nSPS) is 11.2. The van der Waals surface area contributed by atoms with Crippen LogP contribution < -0.4 is 5.01 Å². The van der Waals surface area contributed by atoms with Gasteiger partial charge in [0.05, 0.1) is 0 Å². The average molecular weight is 360 g/mol. The van der Waals surface area contributed by atoms with Gasteiger partial charge in [-0.05, 0) is 43.5 Å². The standard InChI is InChI=1S/C21H33N3S/c1-4-7-8-9-10-11-16-23(6-3)24-20-18(14-12-15-22-20)17-19(13-5-2)21(24)25/h12,14-15,17H,4-11,13,16H2,1-3H3. The van der Waals surface area contributed by atoms with E-state index in [0.29, 0.717) is 0 Å². The molecule has 0 aliphatic carbocycles. The van der Waals surface area contributed by atoms with Crippen LogP contribution >= 0.6 is 12.2 Å². The molecule has 0 aliphatic rings. The van der Waals surface area contributed by atoms with Crippen molar-refractivity contribution < 1.29 is 0 Å². The molecule has 2 aromatic rings. The van der Waals surface area contributed by atoms with E-state index in [2.05, 4.69) is 47.6 Å². The van der Waals surface area contributed by atoms with E-state index in [9.17, 15) is 0 Å². The molecule has 25 heavy (non-hydrogen) atoms. The highest BCUT2D eigenvalue weighted by Crippen LogP contribution is 2.18. The lowest BCUT2D eigenvalue weighted by Crippen LogP contribution is -2.37. The molecule has 0 unspecified atom stereocenters. The zero-order chi connectivity index (χ0) is 18.1. The minimum absolute atomic E-state index is 0.931. The molecule has 0 atom stereocenters. The second-order valence-corrected chi connectivity index (χ2v) is 7.15. The molecule has 3 nitrogen and oxygen atoms in total. The molecule has 2 aromatic heterocycles. The number of nitrogens with zero attached hydrogens (tertiary/aromatic N) is 3. The summed E-state index contributed by atoms with van der Waals surface area (Å²) in [5.41, 5.74) is 2.25. The molecular weight excluding hydrogens is 326 g/mol. The molecule has 0 N–H and O–H groups in total. The van der Waals surface area contributed by atoms with Gasteiger partial charge in [0.25, 0.3) is 0 Å². The Kier molecular flexibility index (Phi) is 8.39. The number of aryl methyl sites for hydroxylation is 1. The maximum absolute atomic E-state index is 5.84. The predicted molar refractivity (Wildman–Crippen MR) is 112 cm³/mol. The van der Waals surface area contributed by atoms with Crippen molar-refractivity contribution in [1.82, 2.24) is 9.66 Å². The van der Waals surface area contributed by atoms with Crippen LogP contribution in [0.2, 0.25) is 0 Å². The van der Waals surface area contributed by atoms with Crippen molar-refractivity contribution in [2.45, 2.75) is 72.1 Å². The number of fused-ring (bicyclic) bond motifs is 1. The molecule has 0 amide bonds. The summed E-state index contributed by atoms with van der Waals surface area (Å²) in [4.78, 5) is 4.64. The fraction of sp³-hybridized carbons (Fsp3) is 0.619. The summed E-state index contributed by atoms with van der Waals surface area (Å²) in [5, 5.41) is 3.55. The van der Waals surface area contributed by atoms with Gasteiger partial charge in [-0.25, -0.2) is 9.66 Å². The van der Waals surface area contributed by atoms with Gasteiger partial charge in [-0.2, -0.15) is 0 Å². The minimum atomic E-state index is 0.931. The van der Waals surface area contributed by atoms with Gasteiger partial charge in [0.15, 0.2) is 5.65 Å². The van der Waals surface area contributed by atoms with Gasteiger partial charge in [0.1, 0.15) is 4.64 Å². The summed E-state index contributed by atoms with van der Waals surface area (Å²) in [6.07, 6.45) is 11.9. The fourth-order valence-electron chi connectivity index (χ4n) is 3.37. The molecule has 0 aromatic carbocycles. The Morgan fingerprint density at radius 3 is 2.52 bits per heavy atom. The number of pyridine rings is 2. The van der Waals surface area contributed by atoms with Crippen LogP contribution in [0.1, 0.15) is 71.3 Å². The largest absolute Gasteiger partial charge is 0.310 e. The third kappa shape index (κ3) is 5.27. The zero-order valence-corrected chi connectivity index (χ0v) is 16.9. The molecular formula is C21H33N3S. The van der Waals surface area contributed by atoms with E-state index in [4.69, 9.17) is 12.2 Å². The van der Waals surface area contributed by atoms with Gasteiger partial charge in [-0.3, -0.25) is 0 Å².